The minimum atomic E-state index is 0.873. The summed E-state index contributed by atoms with van der Waals surface area (Å²) >= 11 is 0. The van der Waals surface area contributed by atoms with Crippen molar-refractivity contribution >= 4 is 60.9 Å². The highest BCUT2D eigenvalue weighted by molar-refractivity contribution is 6.13. The molecule has 3 heteroatoms. The molecular formula is C60H39NO2. The van der Waals surface area contributed by atoms with Crippen LogP contribution in [0.3, 0.4) is 0 Å². The van der Waals surface area contributed by atoms with Gasteiger partial charge in [-0.05, 0) is 99.1 Å². The third-order valence-corrected chi connectivity index (χ3v) is 12.3. The van der Waals surface area contributed by atoms with Crippen molar-refractivity contribution in [1.82, 2.24) is 0 Å². The fourth-order valence-electron chi connectivity index (χ4n) is 9.39. The van der Waals surface area contributed by atoms with Gasteiger partial charge in [-0.3, -0.25) is 0 Å². The maximum absolute atomic E-state index is 6.75. The molecule has 0 N–H and O–H groups in total. The molecule has 0 unspecified atom stereocenters. The van der Waals surface area contributed by atoms with E-state index < -0.39 is 0 Å². The molecule has 10 aromatic carbocycles. The molecule has 0 fully saturated rings. The summed E-state index contributed by atoms with van der Waals surface area (Å²) in [5.41, 5.74) is 17.8. The number of anilines is 3. The second-order valence-electron chi connectivity index (χ2n) is 16.0. The Morgan fingerprint density at radius 3 is 1.63 bits per heavy atom. The Labute approximate surface area is 365 Å². The summed E-state index contributed by atoms with van der Waals surface area (Å²) in [6, 6.07) is 84.2. The molecule has 0 atom stereocenters. The molecule has 0 aliphatic heterocycles. The molecule has 3 nitrogen and oxygen atoms in total. The molecule has 2 aromatic heterocycles. The maximum Gasteiger partial charge on any atom is 0.143 e. The molecule has 0 radical (unpaired) electrons. The molecule has 0 aliphatic rings. The Morgan fingerprint density at radius 2 is 0.825 bits per heavy atom. The molecule has 0 saturated carbocycles. The van der Waals surface area contributed by atoms with Gasteiger partial charge in [0, 0.05) is 44.0 Å². The van der Waals surface area contributed by atoms with Gasteiger partial charge in [0.05, 0.1) is 5.69 Å². The van der Waals surface area contributed by atoms with Crippen LogP contribution in [0.2, 0.25) is 0 Å². The molecule has 0 saturated heterocycles. The number of fused-ring (bicyclic) bond motifs is 6. The van der Waals surface area contributed by atoms with Crippen molar-refractivity contribution in [1.29, 1.82) is 0 Å². The molecule has 2 heterocycles. The summed E-state index contributed by atoms with van der Waals surface area (Å²) in [6.07, 6.45) is 0. The summed E-state index contributed by atoms with van der Waals surface area (Å²) in [6.45, 7) is 0. The first kappa shape index (κ1) is 36.5. The Morgan fingerprint density at radius 1 is 0.286 bits per heavy atom. The van der Waals surface area contributed by atoms with Gasteiger partial charge in [-0.25, -0.2) is 0 Å². The van der Waals surface area contributed by atoms with Gasteiger partial charge in [-0.1, -0.05) is 182 Å². The molecule has 0 bridgehead atoms. The predicted octanol–water partition coefficient (Wildman–Crippen LogP) is 17.3. The maximum atomic E-state index is 6.75. The van der Waals surface area contributed by atoms with Crippen LogP contribution in [0, 0.1) is 0 Å². The summed E-state index contributed by atoms with van der Waals surface area (Å²) < 4.78 is 13.1. The largest absolute Gasteiger partial charge is 0.456 e. The first-order chi connectivity index (χ1) is 31.2. The highest BCUT2D eigenvalue weighted by Gasteiger charge is 2.24. The number of hydrogen-bond acceptors (Lipinski definition) is 3. The van der Waals surface area contributed by atoms with Crippen LogP contribution in [-0.4, -0.2) is 0 Å². The molecule has 12 rings (SSSR count). The van der Waals surface area contributed by atoms with Crippen LogP contribution < -0.4 is 4.90 Å². The van der Waals surface area contributed by atoms with Crippen LogP contribution in [0.1, 0.15) is 0 Å². The second kappa shape index (κ2) is 15.3. The summed E-state index contributed by atoms with van der Waals surface area (Å²) in [5.74, 6) is 0. The van der Waals surface area contributed by atoms with E-state index in [1.54, 1.807) is 0 Å². The third kappa shape index (κ3) is 6.38. The minimum absolute atomic E-state index is 0.873. The van der Waals surface area contributed by atoms with E-state index in [1.165, 1.54) is 11.1 Å². The summed E-state index contributed by atoms with van der Waals surface area (Å²) in [4.78, 5) is 2.42. The van der Waals surface area contributed by atoms with Gasteiger partial charge >= 0.3 is 0 Å². The van der Waals surface area contributed by atoms with Gasteiger partial charge in [0.25, 0.3) is 0 Å². The lowest BCUT2D eigenvalue weighted by Crippen LogP contribution is -2.12. The van der Waals surface area contributed by atoms with Crippen LogP contribution in [0.4, 0.5) is 17.1 Å². The average Bonchev–Trinajstić information content (AvgIpc) is 3.94. The predicted molar refractivity (Wildman–Crippen MR) is 263 cm³/mol. The molecule has 0 amide bonds. The van der Waals surface area contributed by atoms with Gasteiger partial charge in [-0.2, -0.15) is 0 Å². The van der Waals surface area contributed by atoms with E-state index in [2.05, 4.69) is 223 Å². The fraction of sp³-hybridized carbons (Fsp3) is 0. The zero-order chi connectivity index (χ0) is 41.7. The van der Waals surface area contributed by atoms with Gasteiger partial charge in [0.2, 0.25) is 0 Å². The highest BCUT2D eigenvalue weighted by atomic mass is 16.3. The lowest BCUT2D eigenvalue weighted by atomic mass is 9.89. The summed E-state index contributed by atoms with van der Waals surface area (Å²) in [7, 11) is 0. The molecule has 0 aliphatic carbocycles. The van der Waals surface area contributed by atoms with Gasteiger partial charge in [0.15, 0.2) is 0 Å². The first-order valence-electron chi connectivity index (χ1n) is 21.4. The van der Waals surface area contributed by atoms with Gasteiger partial charge in [0.1, 0.15) is 22.3 Å². The third-order valence-electron chi connectivity index (χ3n) is 12.3. The van der Waals surface area contributed by atoms with Crippen LogP contribution in [0.5, 0.6) is 0 Å². The molecule has 12 aromatic rings. The van der Waals surface area contributed by atoms with E-state index >= 15 is 0 Å². The minimum Gasteiger partial charge on any atom is -0.456 e. The van der Waals surface area contributed by atoms with Crippen molar-refractivity contribution in [2.24, 2.45) is 0 Å². The van der Waals surface area contributed by atoms with Crippen LogP contribution >= 0.6 is 0 Å². The van der Waals surface area contributed by atoms with E-state index in [-0.39, 0.29) is 0 Å². The lowest BCUT2D eigenvalue weighted by Gasteiger charge is -2.30. The number of para-hydroxylation sites is 3. The molecule has 0 spiro atoms. The number of hydrogen-bond donors (Lipinski definition) is 0. The Hall–Kier alpha value is -8.40. The van der Waals surface area contributed by atoms with Crippen molar-refractivity contribution in [3.8, 4) is 55.6 Å². The average molecular weight is 806 g/mol. The van der Waals surface area contributed by atoms with Crippen LogP contribution in [0.15, 0.2) is 245 Å². The number of rotatable bonds is 8. The van der Waals surface area contributed by atoms with Gasteiger partial charge < -0.3 is 13.7 Å². The van der Waals surface area contributed by atoms with Crippen molar-refractivity contribution in [3.63, 3.8) is 0 Å². The van der Waals surface area contributed by atoms with Crippen molar-refractivity contribution in [3.05, 3.63) is 237 Å². The smallest absolute Gasteiger partial charge is 0.143 e. The van der Waals surface area contributed by atoms with E-state index in [9.17, 15) is 0 Å². The quantitative estimate of drug-likeness (QED) is 0.153. The van der Waals surface area contributed by atoms with Crippen LogP contribution in [0.25, 0.3) is 99.5 Å². The number of furan rings is 2. The van der Waals surface area contributed by atoms with Crippen molar-refractivity contribution in [2.75, 3.05) is 4.90 Å². The SMILES string of the molecule is c1ccc(-c2ccc(N(c3cccc(-c4cccc5oc6ccccc6c45)c3)c3cccc(-c4cccc5c4oc4ccccc45)c3-c3cccc(-c4ccccc4)c3)cc2)cc1. The Bertz CT molecular complexity index is 3620. The Balaban J connectivity index is 1.13. The monoisotopic (exact) mass is 805 g/mol. The molecule has 63 heavy (non-hydrogen) atoms. The van der Waals surface area contributed by atoms with E-state index in [4.69, 9.17) is 8.83 Å². The first-order valence-corrected chi connectivity index (χ1v) is 21.4. The lowest BCUT2D eigenvalue weighted by molar-refractivity contribution is 0.669. The zero-order valence-electron chi connectivity index (χ0n) is 34.3. The second-order valence-corrected chi connectivity index (χ2v) is 16.0. The fourth-order valence-corrected chi connectivity index (χ4v) is 9.39. The normalized spacial score (nSPS) is 11.5. The van der Waals surface area contributed by atoms with Crippen LogP contribution in [-0.2, 0) is 0 Å². The number of nitrogens with zero attached hydrogens (tertiary/aromatic N) is 1. The van der Waals surface area contributed by atoms with Crippen molar-refractivity contribution < 1.29 is 8.83 Å². The topological polar surface area (TPSA) is 29.5 Å². The molecular weight excluding hydrogens is 767 g/mol. The van der Waals surface area contributed by atoms with E-state index in [1.807, 2.05) is 18.2 Å². The van der Waals surface area contributed by atoms with E-state index in [0.29, 0.717) is 0 Å². The Kier molecular flexibility index (Phi) is 8.83. The highest BCUT2D eigenvalue weighted by Crippen LogP contribution is 2.49. The van der Waals surface area contributed by atoms with Gasteiger partial charge in [-0.15, -0.1) is 0 Å². The number of benzene rings is 10. The summed E-state index contributed by atoms with van der Waals surface area (Å²) in [5, 5.41) is 4.42. The van der Waals surface area contributed by atoms with E-state index in [0.717, 1.165) is 105 Å². The zero-order valence-corrected chi connectivity index (χ0v) is 34.3. The molecule has 296 valence electrons. The standard InChI is InChI=1S/C60H39NO2/c1-3-16-40(17-4-1)42-34-36-46(37-35-42)61(47-23-12-21-44(39-47)48-26-15-33-57-59(48)53-25-8-10-32-56(53)62-57)54-30-14-27-50(52-29-13-28-51-49-24-7-9-31-55(49)63-60(51)52)58(54)45-22-11-20-43(38-45)41-18-5-2-6-19-41/h1-39H. The van der Waals surface area contributed by atoms with Crippen molar-refractivity contribution in [2.45, 2.75) is 0 Å².